The van der Waals surface area contributed by atoms with Gasteiger partial charge in [0.25, 0.3) is 0 Å². The summed E-state index contributed by atoms with van der Waals surface area (Å²) in [7, 11) is -3.79. The number of carbonyl (C=O) groups excluding carboxylic acids is 1. The van der Waals surface area contributed by atoms with E-state index in [4.69, 9.17) is 26.7 Å². The molecule has 3 N–H and O–H groups in total. The summed E-state index contributed by atoms with van der Waals surface area (Å²) < 4.78 is 28.4. The number of nitrogens with zero attached hydrogens (tertiary/aromatic N) is 1. The van der Waals surface area contributed by atoms with Crippen molar-refractivity contribution in [3.8, 4) is 17.6 Å². The second-order valence-electron chi connectivity index (χ2n) is 6.75. The zero-order valence-corrected chi connectivity index (χ0v) is 18.0. The van der Waals surface area contributed by atoms with E-state index in [-0.39, 0.29) is 17.2 Å². The molecule has 158 valence electrons. The van der Waals surface area contributed by atoms with Crippen molar-refractivity contribution >= 4 is 33.2 Å². The molecule has 0 fully saturated rings. The van der Waals surface area contributed by atoms with Gasteiger partial charge in [-0.3, -0.25) is 4.79 Å². The second kappa shape index (κ2) is 9.18. The number of anilines is 1. The first kappa shape index (κ1) is 22.3. The maximum Gasteiger partial charge on any atom is 0.238 e. The van der Waals surface area contributed by atoms with E-state index in [9.17, 15) is 13.2 Å². The van der Waals surface area contributed by atoms with Crippen LogP contribution in [0.5, 0.6) is 11.5 Å². The predicted octanol–water partition coefficient (Wildman–Crippen LogP) is 4.14. The van der Waals surface area contributed by atoms with E-state index in [1.165, 1.54) is 24.3 Å². The van der Waals surface area contributed by atoms with E-state index >= 15 is 0 Å². The van der Waals surface area contributed by atoms with Crippen molar-refractivity contribution < 1.29 is 17.9 Å². The average molecular weight is 456 g/mol. The highest BCUT2D eigenvalue weighted by molar-refractivity contribution is 7.89. The van der Waals surface area contributed by atoms with Crippen LogP contribution in [0.4, 0.5) is 5.69 Å². The Morgan fingerprint density at radius 2 is 1.77 bits per heavy atom. The van der Waals surface area contributed by atoms with Gasteiger partial charge in [-0.15, -0.1) is 0 Å². The van der Waals surface area contributed by atoms with Gasteiger partial charge in [-0.2, -0.15) is 5.26 Å². The van der Waals surface area contributed by atoms with Gasteiger partial charge < -0.3 is 10.1 Å². The van der Waals surface area contributed by atoms with Gasteiger partial charge in [-0.05, 0) is 72.6 Å². The van der Waals surface area contributed by atoms with Crippen LogP contribution in [0.1, 0.15) is 16.7 Å². The predicted molar refractivity (Wildman–Crippen MR) is 118 cm³/mol. The van der Waals surface area contributed by atoms with Crippen LogP contribution >= 0.6 is 11.6 Å². The Balaban J connectivity index is 1.66. The van der Waals surface area contributed by atoms with Crippen LogP contribution in [-0.2, 0) is 21.2 Å². The van der Waals surface area contributed by atoms with Crippen molar-refractivity contribution in [2.75, 3.05) is 5.32 Å². The molecule has 31 heavy (non-hydrogen) atoms. The molecule has 0 aliphatic rings. The largest absolute Gasteiger partial charge is 0.456 e. The van der Waals surface area contributed by atoms with Crippen LogP contribution in [0.2, 0.25) is 5.02 Å². The number of primary sulfonamides is 1. The molecular formula is C22H18ClN3O4S. The fourth-order valence-electron chi connectivity index (χ4n) is 2.81. The number of carbonyl (C=O) groups is 1. The van der Waals surface area contributed by atoms with Gasteiger partial charge in [-0.25, -0.2) is 13.6 Å². The quantitative estimate of drug-likeness (QED) is 0.578. The summed E-state index contributed by atoms with van der Waals surface area (Å²) in [5, 5.41) is 17.0. The summed E-state index contributed by atoms with van der Waals surface area (Å²) in [6, 6.07) is 17.7. The fraction of sp³-hybridized carbons (Fsp3) is 0.0909. The highest BCUT2D eigenvalue weighted by atomic mass is 35.5. The number of rotatable bonds is 6. The van der Waals surface area contributed by atoms with Crippen molar-refractivity contribution in [1.82, 2.24) is 0 Å². The number of hydrogen-bond donors (Lipinski definition) is 2. The maximum absolute atomic E-state index is 12.3. The van der Waals surface area contributed by atoms with Crippen LogP contribution in [0.25, 0.3) is 0 Å². The van der Waals surface area contributed by atoms with Gasteiger partial charge in [-0.1, -0.05) is 17.7 Å². The minimum Gasteiger partial charge on any atom is -0.456 e. The molecule has 1 amide bonds. The van der Waals surface area contributed by atoms with E-state index in [1.807, 2.05) is 6.92 Å². The number of nitrogens with two attached hydrogens (primary N) is 1. The highest BCUT2D eigenvalue weighted by Gasteiger charge is 2.11. The average Bonchev–Trinajstić information content (AvgIpc) is 2.71. The monoisotopic (exact) mass is 455 g/mol. The molecule has 0 heterocycles. The molecule has 0 spiro atoms. The standard InChI is InChI=1S/C22H18ClN3O4S/c1-14-10-16(13-24)3-8-20(14)30-21-9-2-15(11-19(21)23)12-22(27)26-17-4-6-18(7-5-17)31(25,28)29/h2-11H,12H2,1H3,(H,26,27)(H2,25,28,29). The van der Waals surface area contributed by atoms with Crippen molar-refractivity contribution in [3.63, 3.8) is 0 Å². The molecule has 0 aliphatic carbocycles. The van der Waals surface area contributed by atoms with Crippen molar-refractivity contribution in [1.29, 1.82) is 5.26 Å². The third-order valence-electron chi connectivity index (χ3n) is 4.35. The lowest BCUT2D eigenvalue weighted by Crippen LogP contribution is -2.15. The van der Waals surface area contributed by atoms with Gasteiger partial charge in [0.2, 0.25) is 15.9 Å². The molecule has 3 rings (SSSR count). The summed E-state index contributed by atoms with van der Waals surface area (Å²) in [5.74, 6) is 0.711. The summed E-state index contributed by atoms with van der Waals surface area (Å²) in [5.41, 5.74) is 2.45. The summed E-state index contributed by atoms with van der Waals surface area (Å²) in [6.45, 7) is 1.83. The number of aryl methyl sites for hydroxylation is 1. The fourth-order valence-corrected chi connectivity index (χ4v) is 3.56. The smallest absolute Gasteiger partial charge is 0.238 e. The minimum atomic E-state index is -3.79. The summed E-state index contributed by atoms with van der Waals surface area (Å²) in [6.07, 6.45) is 0.0623. The van der Waals surface area contributed by atoms with E-state index in [2.05, 4.69) is 11.4 Å². The number of nitriles is 1. The molecule has 0 aromatic heterocycles. The zero-order chi connectivity index (χ0) is 22.6. The third kappa shape index (κ3) is 5.83. The van der Waals surface area contributed by atoms with Gasteiger partial charge >= 0.3 is 0 Å². The maximum atomic E-state index is 12.3. The Morgan fingerprint density at radius 3 is 2.35 bits per heavy atom. The topological polar surface area (TPSA) is 122 Å². The zero-order valence-electron chi connectivity index (χ0n) is 16.4. The normalized spacial score (nSPS) is 10.9. The molecular weight excluding hydrogens is 438 g/mol. The Labute approximate surface area is 185 Å². The first-order valence-corrected chi connectivity index (χ1v) is 11.0. The van der Waals surface area contributed by atoms with Crippen LogP contribution in [-0.4, -0.2) is 14.3 Å². The SMILES string of the molecule is Cc1cc(C#N)ccc1Oc1ccc(CC(=O)Nc2ccc(S(N)(=O)=O)cc2)cc1Cl. The molecule has 3 aromatic rings. The molecule has 0 aliphatic heterocycles. The molecule has 7 nitrogen and oxygen atoms in total. The summed E-state index contributed by atoms with van der Waals surface area (Å²) >= 11 is 6.32. The lowest BCUT2D eigenvalue weighted by molar-refractivity contribution is -0.115. The number of hydrogen-bond acceptors (Lipinski definition) is 5. The third-order valence-corrected chi connectivity index (χ3v) is 5.58. The second-order valence-corrected chi connectivity index (χ2v) is 8.72. The van der Waals surface area contributed by atoms with E-state index in [1.54, 1.807) is 36.4 Å². The first-order chi connectivity index (χ1) is 14.7. The van der Waals surface area contributed by atoms with Crippen LogP contribution in [0.15, 0.2) is 65.6 Å². The highest BCUT2D eigenvalue weighted by Crippen LogP contribution is 2.32. The molecule has 9 heteroatoms. The molecule has 0 bridgehead atoms. The number of benzene rings is 3. The summed E-state index contributed by atoms with van der Waals surface area (Å²) in [4.78, 5) is 12.3. The van der Waals surface area contributed by atoms with Crippen LogP contribution in [0.3, 0.4) is 0 Å². The molecule has 0 unspecified atom stereocenters. The van der Waals surface area contributed by atoms with Crippen LogP contribution in [0, 0.1) is 18.3 Å². The van der Waals surface area contributed by atoms with Gasteiger partial charge in [0.1, 0.15) is 11.5 Å². The molecule has 0 saturated heterocycles. The van der Waals surface area contributed by atoms with E-state index < -0.39 is 10.0 Å². The van der Waals surface area contributed by atoms with Gasteiger partial charge in [0.15, 0.2) is 0 Å². The van der Waals surface area contributed by atoms with Crippen molar-refractivity contribution in [2.24, 2.45) is 5.14 Å². The first-order valence-electron chi connectivity index (χ1n) is 9.05. The van der Waals surface area contributed by atoms with Gasteiger partial charge in [0.05, 0.1) is 28.0 Å². The number of halogens is 1. The van der Waals surface area contributed by atoms with Crippen molar-refractivity contribution in [2.45, 2.75) is 18.2 Å². The molecule has 0 radical (unpaired) electrons. The Morgan fingerprint density at radius 1 is 1.10 bits per heavy atom. The number of sulfonamides is 1. The molecule has 3 aromatic carbocycles. The number of ether oxygens (including phenoxy) is 1. The van der Waals surface area contributed by atoms with Gasteiger partial charge in [0, 0.05) is 5.69 Å². The van der Waals surface area contributed by atoms with Crippen LogP contribution < -0.4 is 15.2 Å². The Hall–Kier alpha value is -3.38. The lowest BCUT2D eigenvalue weighted by atomic mass is 10.1. The Kier molecular flexibility index (Phi) is 6.61. The molecule has 0 saturated carbocycles. The Bertz CT molecular complexity index is 1280. The molecule has 0 atom stereocenters. The number of nitrogens with one attached hydrogen (secondary N) is 1. The number of amides is 1. The minimum absolute atomic E-state index is 0.0367. The van der Waals surface area contributed by atoms with E-state index in [0.717, 1.165) is 5.56 Å². The lowest BCUT2D eigenvalue weighted by Gasteiger charge is -2.12. The van der Waals surface area contributed by atoms with E-state index in [0.29, 0.717) is 33.3 Å². The van der Waals surface area contributed by atoms with Crippen molar-refractivity contribution in [3.05, 3.63) is 82.4 Å².